The van der Waals surface area contributed by atoms with E-state index in [4.69, 9.17) is 4.52 Å². The van der Waals surface area contributed by atoms with Crippen LogP contribution < -0.4 is 5.32 Å². The number of hydrogen-bond acceptors (Lipinski definition) is 5. The number of amides is 1. The van der Waals surface area contributed by atoms with Gasteiger partial charge < -0.3 is 14.9 Å². The first-order valence-corrected chi connectivity index (χ1v) is 5.63. The Hall–Kier alpha value is -1.95. The predicted molar refractivity (Wildman–Crippen MR) is 65.0 cm³/mol. The second-order valence-corrected chi connectivity index (χ2v) is 4.74. The summed E-state index contributed by atoms with van der Waals surface area (Å²) in [4.78, 5) is 16.0. The van der Waals surface area contributed by atoms with Crippen molar-refractivity contribution in [2.24, 2.45) is 0 Å². The summed E-state index contributed by atoms with van der Waals surface area (Å²) in [6.45, 7) is 4.96. The van der Waals surface area contributed by atoms with E-state index < -0.39 is 17.6 Å². The molecule has 0 bridgehead atoms. The Balaban J connectivity index is 2.24. The minimum Gasteiger partial charge on any atom is -0.388 e. The Morgan fingerprint density at radius 2 is 2.28 bits per heavy atom. The first-order valence-electron chi connectivity index (χ1n) is 5.63. The monoisotopic (exact) mass is 249 g/mol. The zero-order valence-corrected chi connectivity index (χ0v) is 10.5. The maximum atomic E-state index is 12.0. The third-order valence-electron chi connectivity index (χ3n) is 2.87. The van der Waals surface area contributed by atoms with Gasteiger partial charge in [-0.15, -0.1) is 0 Å². The van der Waals surface area contributed by atoms with Crippen LogP contribution in [0.2, 0.25) is 0 Å². The van der Waals surface area contributed by atoms with E-state index in [1.54, 1.807) is 39.1 Å². The number of fused-ring (bicyclic) bond motifs is 1. The summed E-state index contributed by atoms with van der Waals surface area (Å²) in [6, 6.07) is 3.00. The molecule has 1 atom stereocenters. The number of rotatable bonds is 3. The van der Waals surface area contributed by atoms with Gasteiger partial charge in [0.2, 0.25) is 11.4 Å². The third kappa shape index (κ3) is 2.33. The van der Waals surface area contributed by atoms with Gasteiger partial charge in [-0.25, -0.2) is 4.98 Å². The number of aliphatic hydroxyl groups is 1. The number of aromatic nitrogens is 2. The highest BCUT2D eigenvalue weighted by Gasteiger charge is 2.26. The van der Waals surface area contributed by atoms with Gasteiger partial charge in [0.1, 0.15) is 0 Å². The fraction of sp³-hybridized carbons (Fsp3) is 0.417. The van der Waals surface area contributed by atoms with E-state index in [-0.39, 0.29) is 5.76 Å². The molecule has 6 nitrogen and oxygen atoms in total. The molecule has 1 amide bonds. The van der Waals surface area contributed by atoms with Crippen molar-refractivity contribution in [3.63, 3.8) is 0 Å². The van der Waals surface area contributed by atoms with Gasteiger partial charge in [0.25, 0.3) is 5.91 Å². The van der Waals surface area contributed by atoms with Crippen molar-refractivity contribution >= 4 is 16.9 Å². The summed E-state index contributed by atoms with van der Waals surface area (Å²) in [7, 11) is 0. The number of carbonyl (C=O) groups is 1. The van der Waals surface area contributed by atoms with Gasteiger partial charge in [0, 0.05) is 6.20 Å². The Kier molecular flexibility index (Phi) is 3.04. The van der Waals surface area contributed by atoms with Crippen LogP contribution >= 0.6 is 0 Å². The molecule has 0 saturated carbocycles. The van der Waals surface area contributed by atoms with Crippen molar-refractivity contribution in [3.05, 3.63) is 24.1 Å². The van der Waals surface area contributed by atoms with E-state index in [2.05, 4.69) is 15.5 Å². The molecule has 0 radical (unpaired) electrons. The molecule has 0 saturated heterocycles. The van der Waals surface area contributed by atoms with E-state index in [1.807, 2.05) is 0 Å². The van der Waals surface area contributed by atoms with Crippen molar-refractivity contribution in [3.8, 4) is 0 Å². The summed E-state index contributed by atoms with van der Waals surface area (Å²) < 4.78 is 4.98. The van der Waals surface area contributed by atoms with Crippen molar-refractivity contribution in [2.75, 3.05) is 0 Å². The average molecular weight is 249 g/mol. The van der Waals surface area contributed by atoms with Gasteiger partial charge in [-0.05, 0) is 32.9 Å². The van der Waals surface area contributed by atoms with Crippen LogP contribution in [-0.2, 0) is 0 Å². The largest absolute Gasteiger partial charge is 0.388 e. The molecule has 1 unspecified atom stereocenters. The molecule has 0 spiro atoms. The molecule has 0 aromatic carbocycles. The fourth-order valence-electron chi connectivity index (χ4n) is 1.39. The molecule has 2 aromatic heterocycles. The fourth-order valence-corrected chi connectivity index (χ4v) is 1.39. The minimum atomic E-state index is -1.01. The molecule has 2 rings (SSSR count). The van der Waals surface area contributed by atoms with E-state index in [0.29, 0.717) is 11.0 Å². The maximum absolute atomic E-state index is 12.0. The van der Waals surface area contributed by atoms with E-state index in [9.17, 15) is 9.90 Å². The first kappa shape index (κ1) is 12.5. The number of hydrogen-bond donors (Lipinski definition) is 2. The summed E-state index contributed by atoms with van der Waals surface area (Å²) in [5.41, 5.74) is -0.623. The van der Waals surface area contributed by atoms with Crippen LogP contribution in [0, 0.1) is 0 Å². The first-order chi connectivity index (χ1) is 8.39. The molecule has 96 valence electrons. The second kappa shape index (κ2) is 4.38. The highest BCUT2D eigenvalue weighted by atomic mass is 16.5. The van der Waals surface area contributed by atoms with Gasteiger partial charge in [0.15, 0.2) is 0 Å². The van der Waals surface area contributed by atoms with E-state index in [0.717, 1.165) is 0 Å². The van der Waals surface area contributed by atoms with Gasteiger partial charge in [-0.1, -0.05) is 5.16 Å². The smallest absolute Gasteiger partial charge is 0.290 e. The van der Waals surface area contributed by atoms with Crippen molar-refractivity contribution < 1.29 is 14.4 Å². The zero-order chi connectivity index (χ0) is 13.3. The molecule has 0 aliphatic carbocycles. The lowest BCUT2D eigenvalue weighted by molar-refractivity contribution is 0.0399. The van der Waals surface area contributed by atoms with E-state index in [1.165, 1.54) is 0 Å². The minimum absolute atomic E-state index is 0.106. The van der Waals surface area contributed by atoms with Crippen LogP contribution in [0.15, 0.2) is 22.9 Å². The summed E-state index contributed by atoms with van der Waals surface area (Å²) in [5.74, 6) is -0.311. The highest BCUT2D eigenvalue weighted by molar-refractivity contribution is 6.02. The standard InChI is InChI=1S/C12H15N3O3/c1-7(12(2,3)17)14-11(16)9-8-5-4-6-13-10(8)15-18-9/h4-7,17H,1-3H3,(H,14,16). The third-order valence-corrected chi connectivity index (χ3v) is 2.87. The molecule has 18 heavy (non-hydrogen) atoms. The van der Waals surface area contributed by atoms with Crippen LogP contribution in [0.5, 0.6) is 0 Å². The second-order valence-electron chi connectivity index (χ2n) is 4.74. The van der Waals surface area contributed by atoms with Crippen molar-refractivity contribution in [2.45, 2.75) is 32.4 Å². The van der Waals surface area contributed by atoms with Crippen LogP contribution in [-0.4, -0.2) is 32.8 Å². The van der Waals surface area contributed by atoms with Crippen LogP contribution in [0.3, 0.4) is 0 Å². The summed E-state index contributed by atoms with van der Waals surface area (Å²) in [5, 5.41) is 16.7. The Morgan fingerprint density at radius 1 is 1.56 bits per heavy atom. The molecule has 0 fully saturated rings. The Labute approximate surface area is 104 Å². The molecule has 2 aromatic rings. The lowest BCUT2D eigenvalue weighted by atomic mass is 10.0. The van der Waals surface area contributed by atoms with Crippen molar-refractivity contribution in [1.82, 2.24) is 15.5 Å². The Bertz CT molecular complexity index is 571. The lowest BCUT2D eigenvalue weighted by Gasteiger charge is -2.26. The van der Waals surface area contributed by atoms with Crippen LogP contribution in [0.25, 0.3) is 11.0 Å². The van der Waals surface area contributed by atoms with Gasteiger partial charge in [-0.2, -0.15) is 0 Å². The molecule has 6 heteroatoms. The summed E-state index contributed by atoms with van der Waals surface area (Å²) in [6.07, 6.45) is 1.58. The average Bonchev–Trinajstić information content (AvgIpc) is 2.71. The number of carbonyl (C=O) groups excluding carboxylic acids is 1. The number of nitrogens with zero attached hydrogens (tertiary/aromatic N) is 2. The summed E-state index contributed by atoms with van der Waals surface area (Å²) >= 11 is 0. The number of nitrogens with one attached hydrogen (secondary N) is 1. The van der Waals surface area contributed by atoms with Gasteiger partial charge in [-0.3, -0.25) is 4.79 Å². The van der Waals surface area contributed by atoms with Crippen LogP contribution in [0.1, 0.15) is 31.3 Å². The predicted octanol–water partition coefficient (Wildman–Crippen LogP) is 1.11. The zero-order valence-electron chi connectivity index (χ0n) is 10.5. The topological polar surface area (TPSA) is 88.3 Å². The van der Waals surface area contributed by atoms with E-state index >= 15 is 0 Å². The van der Waals surface area contributed by atoms with Crippen LogP contribution in [0.4, 0.5) is 0 Å². The molecule has 0 aliphatic heterocycles. The SMILES string of the molecule is CC(NC(=O)c1onc2ncccc12)C(C)(C)O. The van der Waals surface area contributed by atoms with Crippen molar-refractivity contribution in [1.29, 1.82) is 0 Å². The molecule has 2 heterocycles. The molecular formula is C12H15N3O3. The van der Waals surface area contributed by atoms with Gasteiger partial charge >= 0.3 is 0 Å². The molecular weight excluding hydrogens is 234 g/mol. The normalized spacial score (nSPS) is 13.6. The molecule has 2 N–H and O–H groups in total. The van der Waals surface area contributed by atoms with Gasteiger partial charge in [0.05, 0.1) is 17.0 Å². The quantitative estimate of drug-likeness (QED) is 0.850. The number of pyridine rings is 1. The highest BCUT2D eigenvalue weighted by Crippen LogP contribution is 2.16. The maximum Gasteiger partial charge on any atom is 0.290 e. The molecule has 0 aliphatic rings. The Morgan fingerprint density at radius 3 is 2.94 bits per heavy atom. The lowest BCUT2D eigenvalue weighted by Crippen LogP contribution is -2.47.